The third-order valence-electron chi connectivity index (χ3n) is 5.53. The number of aliphatic carboxylic acids is 1. The average Bonchev–Trinajstić information content (AvgIpc) is 2.79. The van der Waals surface area contributed by atoms with Gasteiger partial charge in [-0.2, -0.15) is 18.4 Å². The lowest BCUT2D eigenvalue weighted by molar-refractivity contribution is -0.312. The second kappa shape index (κ2) is 10.3. The van der Waals surface area contributed by atoms with Crippen molar-refractivity contribution in [2.24, 2.45) is 5.92 Å². The first-order valence-corrected chi connectivity index (χ1v) is 11.0. The van der Waals surface area contributed by atoms with Crippen LogP contribution in [0.15, 0.2) is 72.8 Å². The van der Waals surface area contributed by atoms with Crippen LogP contribution in [0.4, 0.5) is 18.9 Å². The molecule has 0 bridgehead atoms. The van der Waals surface area contributed by atoms with Crippen molar-refractivity contribution >= 4 is 23.3 Å². The van der Waals surface area contributed by atoms with E-state index < -0.39 is 34.2 Å². The number of alkyl halides is 3. The number of nitrogens with zero attached hydrogens (tertiary/aromatic N) is 2. The number of ether oxygens (including phenoxy) is 1. The zero-order valence-corrected chi connectivity index (χ0v) is 19.6. The second-order valence-electron chi connectivity index (χ2n) is 8.13. The number of nitriles is 1. The predicted octanol–water partition coefficient (Wildman–Crippen LogP) is 5.83. The molecule has 0 saturated heterocycles. The number of carbonyl (C=O) groups is 1. The molecule has 3 rings (SSSR count). The van der Waals surface area contributed by atoms with Crippen LogP contribution >= 0.6 is 11.6 Å². The molecule has 0 aliphatic rings. The van der Waals surface area contributed by atoms with Crippen LogP contribution < -0.4 is 14.7 Å². The van der Waals surface area contributed by atoms with E-state index in [0.717, 1.165) is 18.2 Å². The quantitative estimate of drug-likeness (QED) is 0.388. The molecule has 0 fully saturated rings. The number of rotatable bonds is 8. The van der Waals surface area contributed by atoms with Crippen LogP contribution in [0.3, 0.4) is 0 Å². The molecule has 35 heavy (non-hydrogen) atoms. The largest absolute Gasteiger partial charge is 0.546 e. The molecule has 3 aromatic carbocycles. The van der Waals surface area contributed by atoms with Gasteiger partial charge in [0.2, 0.25) is 0 Å². The molecule has 0 aliphatic carbocycles. The van der Waals surface area contributed by atoms with Crippen molar-refractivity contribution in [3.63, 3.8) is 0 Å². The molecule has 0 spiro atoms. The number of carboxylic acids is 1. The first kappa shape index (κ1) is 25.9. The Morgan fingerprint density at radius 3 is 2.26 bits per heavy atom. The van der Waals surface area contributed by atoms with E-state index >= 15 is 0 Å². The SMILES string of the molecule is CC(C)[C@](C#N)(C(=O)[O-])N(Cc1cccc(Oc2ccccc2)c1)c1ccc(C(F)(F)F)c(Cl)c1. The smallest absolute Gasteiger partial charge is 0.417 e. The van der Waals surface area contributed by atoms with Crippen molar-refractivity contribution in [3.05, 3.63) is 88.9 Å². The van der Waals surface area contributed by atoms with E-state index in [1.165, 1.54) is 18.7 Å². The average molecular weight is 502 g/mol. The van der Waals surface area contributed by atoms with Gasteiger partial charge >= 0.3 is 6.18 Å². The van der Waals surface area contributed by atoms with Crippen LogP contribution in [0.2, 0.25) is 5.02 Å². The van der Waals surface area contributed by atoms with Gasteiger partial charge in [-0.1, -0.05) is 55.8 Å². The van der Waals surface area contributed by atoms with Gasteiger partial charge in [-0.25, -0.2) is 0 Å². The first-order chi connectivity index (χ1) is 16.5. The van der Waals surface area contributed by atoms with Crippen molar-refractivity contribution in [2.45, 2.75) is 32.1 Å². The molecule has 0 radical (unpaired) electrons. The molecule has 9 heteroatoms. The van der Waals surface area contributed by atoms with Crippen LogP contribution in [0.5, 0.6) is 11.5 Å². The number of halogens is 4. The molecule has 0 heterocycles. The van der Waals surface area contributed by atoms with Gasteiger partial charge in [0.1, 0.15) is 11.5 Å². The summed E-state index contributed by atoms with van der Waals surface area (Å²) in [5, 5.41) is 21.7. The summed E-state index contributed by atoms with van der Waals surface area (Å²) in [6, 6.07) is 20.4. The summed E-state index contributed by atoms with van der Waals surface area (Å²) >= 11 is 5.92. The van der Waals surface area contributed by atoms with Crippen LogP contribution in [-0.4, -0.2) is 11.5 Å². The molecule has 1 atom stereocenters. The number of hydrogen-bond acceptors (Lipinski definition) is 5. The zero-order valence-electron chi connectivity index (χ0n) is 18.8. The Labute approximate surface area is 205 Å². The van der Waals surface area contributed by atoms with Gasteiger partial charge in [0.25, 0.3) is 0 Å². The fraction of sp³-hybridized carbons (Fsp3) is 0.231. The Hall–Kier alpha value is -3.70. The maximum Gasteiger partial charge on any atom is 0.417 e. The van der Waals surface area contributed by atoms with Crippen molar-refractivity contribution in [1.29, 1.82) is 5.26 Å². The molecule has 182 valence electrons. The fourth-order valence-corrected chi connectivity index (χ4v) is 4.01. The zero-order chi connectivity index (χ0) is 25.8. The minimum Gasteiger partial charge on any atom is -0.546 e. The highest BCUT2D eigenvalue weighted by Gasteiger charge is 2.43. The normalized spacial score (nSPS) is 13.1. The monoisotopic (exact) mass is 501 g/mol. The van der Waals surface area contributed by atoms with E-state index in [-0.39, 0.29) is 12.2 Å². The Morgan fingerprint density at radius 1 is 1.06 bits per heavy atom. The Bertz CT molecular complexity index is 1240. The van der Waals surface area contributed by atoms with E-state index in [1.54, 1.807) is 48.5 Å². The van der Waals surface area contributed by atoms with Crippen LogP contribution in [0.1, 0.15) is 25.0 Å². The summed E-state index contributed by atoms with van der Waals surface area (Å²) in [5.74, 6) is -1.43. The molecule has 0 unspecified atom stereocenters. The molecule has 0 saturated carbocycles. The highest BCUT2D eigenvalue weighted by Crippen LogP contribution is 2.39. The highest BCUT2D eigenvalue weighted by atomic mass is 35.5. The number of benzene rings is 3. The van der Waals surface area contributed by atoms with Gasteiger partial charge in [-0.15, -0.1) is 0 Å². The third kappa shape index (κ3) is 5.52. The van der Waals surface area contributed by atoms with Gasteiger partial charge in [-0.05, 0) is 53.9 Å². The maximum absolute atomic E-state index is 13.2. The van der Waals surface area contributed by atoms with Crippen molar-refractivity contribution < 1.29 is 27.8 Å². The standard InChI is InChI=1S/C26H22ClF3N2O3/c1-17(2)25(16-31,24(33)34)32(19-11-12-22(23(27)14-19)26(28,29)30)15-18-7-6-10-21(13-18)35-20-8-4-3-5-9-20/h3-14,17H,15H2,1-2H3,(H,33,34)/p-1/t25-/m1/s1. The summed E-state index contributed by atoms with van der Waals surface area (Å²) < 4.78 is 45.5. The van der Waals surface area contributed by atoms with Crippen molar-refractivity contribution in [3.8, 4) is 17.6 Å². The van der Waals surface area contributed by atoms with Gasteiger partial charge < -0.3 is 19.5 Å². The molecular weight excluding hydrogens is 481 g/mol. The second-order valence-corrected chi connectivity index (χ2v) is 8.54. The first-order valence-electron chi connectivity index (χ1n) is 10.6. The van der Waals surface area contributed by atoms with Crippen molar-refractivity contribution in [1.82, 2.24) is 0 Å². The van der Waals surface area contributed by atoms with Crippen LogP contribution in [0.25, 0.3) is 0 Å². The molecule has 3 aromatic rings. The third-order valence-corrected chi connectivity index (χ3v) is 5.84. The Morgan fingerprint density at radius 2 is 1.71 bits per heavy atom. The minimum absolute atomic E-state index is 0.0248. The number of hydrogen-bond donors (Lipinski definition) is 0. The van der Waals surface area contributed by atoms with E-state index in [9.17, 15) is 28.3 Å². The molecule has 0 aromatic heterocycles. The van der Waals surface area contributed by atoms with Crippen molar-refractivity contribution in [2.75, 3.05) is 4.90 Å². The van der Waals surface area contributed by atoms with Crippen LogP contribution in [0, 0.1) is 17.2 Å². The predicted molar refractivity (Wildman–Crippen MR) is 124 cm³/mol. The Kier molecular flexibility index (Phi) is 7.61. The van der Waals surface area contributed by atoms with E-state index in [0.29, 0.717) is 17.1 Å². The van der Waals surface area contributed by atoms with E-state index in [2.05, 4.69) is 0 Å². The molecule has 5 nitrogen and oxygen atoms in total. The van der Waals surface area contributed by atoms with Gasteiger partial charge in [0.15, 0.2) is 5.54 Å². The minimum atomic E-state index is -4.69. The molecule has 0 N–H and O–H groups in total. The lowest BCUT2D eigenvalue weighted by Gasteiger charge is -2.44. The highest BCUT2D eigenvalue weighted by molar-refractivity contribution is 6.31. The molecule has 0 amide bonds. The summed E-state index contributed by atoms with van der Waals surface area (Å²) in [6.45, 7) is 2.90. The summed E-state index contributed by atoms with van der Waals surface area (Å²) in [6.07, 6.45) is -4.69. The van der Waals surface area contributed by atoms with Crippen LogP contribution in [-0.2, 0) is 17.5 Å². The number of para-hydroxylation sites is 1. The molecular formula is C26H21ClF3N2O3-. The van der Waals surface area contributed by atoms with Gasteiger partial charge in [0, 0.05) is 12.2 Å². The summed E-state index contributed by atoms with van der Waals surface area (Å²) in [5.41, 5.74) is -2.69. The van der Waals surface area contributed by atoms with E-state index in [1.807, 2.05) is 12.1 Å². The van der Waals surface area contributed by atoms with Gasteiger partial charge in [-0.3, -0.25) is 0 Å². The molecule has 0 aliphatic heterocycles. The number of carbonyl (C=O) groups excluding carboxylic acids is 1. The lowest BCUT2D eigenvalue weighted by atomic mass is 9.84. The van der Waals surface area contributed by atoms with Gasteiger partial charge in [0.05, 0.1) is 22.6 Å². The van der Waals surface area contributed by atoms with E-state index in [4.69, 9.17) is 16.3 Å². The fourth-order valence-electron chi connectivity index (χ4n) is 3.73. The lowest BCUT2D eigenvalue weighted by Crippen LogP contribution is -2.62. The summed E-state index contributed by atoms with van der Waals surface area (Å²) in [4.78, 5) is 13.5. The topological polar surface area (TPSA) is 76.4 Å². The Balaban J connectivity index is 2.08. The summed E-state index contributed by atoms with van der Waals surface area (Å²) in [7, 11) is 0. The number of carboxylic acid groups (broad SMARTS) is 1. The maximum atomic E-state index is 13.2. The number of anilines is 1.